The van der Waals surface area contributed by atoms with E-state index in [1.165, 1.54) is 49.6 Å². The third-order valence-electron chi connectivity index (χ3n) is 5.51. The van der Waals surface area contributed by atoms with Gasteiger partial charge in [-0.25, -0.2) is 0 Å². The van der Waals surface area contributed by atoms with Crippen molar-refractivity contribution in [1.29, 1.82) is 0 Å². The average Bonchev–Trinajstić information content (AvgIpc) is 3.03. The molecule has 0 saturated heterocycles. The van der Waals surface area contributed by atoms with Crippen LogP contribution in [0, 0.1) is 0 Å². The molecule has 110 valence electrons. The fraction of sp³-hybridized carbons (Fsp3) is 0.0476. The van der Waals surface area contributed by atoms with Gasteiger partial charge in [-0.1, -0.05) is 30.3 Å². The average molecular weight is 305 g/mol. The predicted molar refractivity (Wildman–Crippen MR) is 96.6 cm³/mol. The van der Waals surface area contributed by atoms with Gasteiger partial charge in [-0.3, -0.25) is 9.98 Å². The summed E-state index contributed by atoms with van der Waals surface area (Å²) in [5.41, 5.74) is 6.11. The van der Waals surface area contributed by atoms with Crippen molar-refractivity contribution in [2.24, 2.45) is 4.99 Å². The molecule has 0 atom stereocenters. The second-order valence-electron chi connectivity index (χ2n) is 6.74. The summed E-state index contributed by atoms with van der Waals surface area (Å²) in [6.45, 7) is 0.761. The first-order valence-electron chi connectivity index (χ1n) is 8.22. The smallest absolute Gasteiger partial charge is 0.0884 e. The number of nitrogens with zero attached hydrogens (tertiary/aromatic N) is 3. The van der Waals surface area contributed by atoms with Crippen LogP contribution in [0.25, 0.3) is 32.4 Å². The number of rotatable bonds is 0. The molecule has 1 aromatic heterocycles. The Hall–Kier alpha value is -3.20. The SMILES string of the molecule is c1cc2ccc3cc4ncc5c6c(cc7cc(c1)c2c3N7c46)CN=5. The Morgan fingerprint density at radius 2 is 1.75 bits per heavy atom. The van der Waals surface area contributed by atoms with Crippen molar-refractivity contribution in [1.82, 2.24) is 4.98 Å². The van der Waals surface area contributed by atoms with Gasteiger partial charge in [0, 0.05) is 21.8 Å². The topological polar surface area (TPSA) is 28.5 Å². The first-order chi connectivity index (χ1) is 11.9. The Kier molecular flexibility index (Phi) is 1.65. The van der Waals surface area contributed by atoms with Gasteiger partial charge in [-0.05, 0) is 34.5 Å². The minimum absolute atomic E-state index is 0.761. The Balaban J connectivity index is 1.90. The van der Waals surface area contributed by atoms with Gasteiger partial charge in [0.15, 0.2) is 0 Å². The standard InChI is InChI=1S/C21H11N3/c1-2-11-4-5-13-8-16-21-19-14(9-22-17(19)10-23-16)7-15-6-12(3-1)18(11)20(13)24(15)21/h1-8,10H,9H2. The lowest BCUT2D eigenvalue weighted by Crippen LogP contribution is -2.20. The molecule has 3 nitrogen and oxygen atoms in total. The van der Waals surface area contributed by atoms with E-state index in [1.807, 2.05) is 6.20 Å². The number of anilines is 3. The summed E-state index contributed by atoms with van der Waals surface area (Å²) in [5.74, 6) is 0. The molecule has 0 N–H and O–H groups in total. The molecular formula is C21H11N3. The summed E-state index contributed by atoms with van der Waals surface area (Å²) >= 11 is 0. The fourth-order valence-electron chi connectivity index (χ4n) is 4.55. The van der Waals surface area contributed by atoms with Gasteiger partial charge >= 0.3 is 0 Å². The predicted octanol–water partition coefficient (Wildman–Crippen LogP) is 4.61. The van der Waals surface area contributed by atoms with E-state index in [-0.39, 0.29) is 0 Å². The van der Waals surface area contributed by atoms with Crippen molar-refractivity contribution in [2.75, 3.05) is 4.90 Å². The molecule has 7 rings (SSSR count). The molecule has 0 amide bonds. The molecule has 0 bridgehead atoms. The van der Waals surface area contributed by atoms with Gasteiger partial charge in [0.05, 0.1) is 35.0 Å². The van der Waals surface area contributed by atoms with Crippen LogP contribution >= 0.6 is 0 Å². The molecular weight excluding hydrogens is 294 g/mol. The maximum absolute atomic E-state index is 4.70. The molecule has 0 saturated carbocycles. The fourth-order valence-corrected chi connectivity index (χ4v) is 4.55. The largest absolute Gasteiger partial charge is 0.306 e. The Labute approximate surface area is 137 Å². The quantitative estimate of drug-likeness (QED) is 0.410. The maximum atomic E-state index is 4.70. The molecule has 2 aromatic carbocycles. The van der Waals surface area contributed by atoms with Crippen LogP contribution in [-0.2, 0) is 6.54 Å². The molecule has 0 fully saturated rings. The van der Waals surface area contributed by atoms with E-state index in [4.69, 9.17) is 4.98 Å². The summed E-state index contributed by atoms with van der Waals surface area (Å²) in [6.07, 6.45) is 1.92. The Morgan fingerprint density at radius 1 is 0.833 bits per heavy atom. The van der Waals surface area contributed by atoms with Gasteiger partial charge in [0.25, 0.3) is 0 Å². The maximum Gasteiger partial charge on any atom is 0.0884 e. The highest BCUT2D eigenvalue weighted by atomic mass is 15.2. The number of hydrogen-bond donors (Lipinski definition) is 0. The van der Waals surface area contributed by atoms with Gasteiger partial charge < -0.3 is 4.90 Å². The molecule has 0 unspecified atom stereocenters. The Bertz CT molecular complexity index is 1380. The molecule has 0 spiro atoms. The van der Waals surface area contributed by atoms with Gasteiger partial charge in [-0.2, -0.15) is 0 Å². The highest BCUT2D eigenvalue weighted by Crippen LogP contribution is 2.52. The van der Waals surface area contributed by atoms with Gasteiger partial charge in [0.1, 0.15) is 0 Å². The van der Waals surface area contributed by atoms with E-state index in [0.29, 0.717) is 0 Å². The zero-order chi connectivity index (χ0) is 15.4. The van der Waals surface area contributed by atoms with Crippen molar-refractivity contribution in [3.05, 3.63) is 65.6 Å². The summed E-state index contributed by atoms with van der Waals surface area (Å²) in [6, 6.07) is 17.8. The highest BCUT2D eigenvalue weighted by Gasteiger charge is 2.30. The van der Waals surface area contributed by atoms with Crippen molar-refractivity contribution >= 4 is 49.5 Å². The lowest BCUT2D eigenvalue weighted by molar-refractivity contribution is 1.07. The van der Waals surface area contributed by atoms with Crippen molar-refractivity contribution in [3.8, 4) is 0 Å². The second-order valence-corrected chi connectivity index (χ2v) is 6.74. The molecule has 3 aromatic rings. The monoisotopic (exact) mass is 305 g/mol. The number of benzene rings is 2. The van der Waals surface area contributed by atoms with Crippen molar-refractivity contribution in [2.45, 2.75) is 6.54 Å². The molecule has 3 heteroatoms. The summed E-state index contributed by atoms with van der Waals surface area (Å²) in [4.78, 5) is 11.8. The lowest BCUT2D eigenvalue weighted by atomic mass is 9.92. The molecule has 24 heavy (non-hydrogen) atoms. The highest BCUT2D eigenvalue weighted by molar-refractivity contribution is 6.21. The summed E-state index contributed by atoms with van der Waals surface area (Å²) < 4.78 is 0. The zero-order valence-electron chi connectivity index (χ0n) is 12.7. The third-order valence-corrected chi connectivity index (χ3v) is 5.51. The summed E-state index contributed by atoms with van der Waals surface area (Å²) in [5, 5.41) is 7.47. The number of aromatic nitrogens is 1. The summed E-state index contributed by atoms with van der Waals surface area (Å²) in [7, 11) is 0. The zero-order valence-corrected chi connectivity index (χ0v) is 12.7. The van der Waals surface area contributed by atoms with Crippen LogP contribution in [0.2, 0.25) is 0 Å². The van der Waals surface area contributed by atoms with Crippen molar-refractivity contribution < 1.29 is 0 Å². The van der Waals surface area contributed by atoms with Crippen LogP contribution in [0.5, 0.6) is 0 Å². The lowest BCUT2D eigenvalue weighted by Gasteiger charge is -2.35. The van der Waals surface area contributed by atoms with E-state index < -0.39 is 0 Å². The van der Waals surface area contributed by atoms with Crippen LogP contribution in [0.3, 0.4) is 0 Å². The molecule has 0 aliphatic carbocycles. The van der Waals surface area contributed by atoms with Gasteiger partial charge in [-0.15, -0.1) is 0 Å². The van der Waals surface area contributed by atoms with E-state index in [1.54, 1.807) is 0 Å². The van der Waals surface area contributed by atoms with E-state index in [0.717, 1.165) is 17.4 Å². The first-order valence-corrected chi connectivity index (χ1v) is 8.22. The Morgan fingerprint density at radius 3 is 2.75 bits per heavy atom. The van der Waals surface area contributed by atoms with E-state index >= 15 is 0 Å². The van der Waals surface area contributed by atoms with Crippen LogP contribution in [-0.4, -0.2) is 4.98 Å². The molecule has 0 radical (unpaired) electrons. The van der Waals surface area contributed by atoms with Crippen molar-refractivity contribution in [3.63, 3.8) is 0 Å². The van der Waals surface area contributed by atoms with E-state index in [2.05, 4.69) is 58.4 Å². The molecule has 4 aliphatic heterocycles. The van der Waals surface area contributed by atoms with Crippen LogP contribution < -0.4 is 10.3 Å². The third kappa shape index (κ3) is 1.09. The number of pyridine rings is 1. The molecule has 5 heterocycles. The van der Waals surface area contributed by atoms with Crippen LogP contribution in [0.15, 0.2) is 59.7 Å². The molecule has 4 aliphatic rings. The number of hydrogen-bond acceptors (Lipinski definition) is 3. The van der Waals surface area contributed by atoms with E-state index in [9.17, 15) is 0 Å². The minimum Gasteiger partial charge on any atom is -0.306 e. The van der Waals surface area contributed by atoms with Crippen LogP contribution in [0.4, 0.5) is 17.1 Å². The normalized spacial score (nSPS) is 14.8. The second kappa shape index (κ2) is 3.49. The van der Waals surface area contributed by atoms with Crippen LogP contribution in [0.1, 0.15) is 5.56 Å². The van der Waals surface area contributed by atoms with Gasteiger partial charge in [0.2, 0.25) is 0 Å². The first kappa shape index (κ1) is 11.4. The minimum atomic E-state index is 0.761.